The van der Waals surface area contributed by atoms with Crippen molar-refractivity contribution in [2.75, 3.05) is 13.2 Å². The Balaban J connectivity index is 2.10. The molecule has 0 aliphatic rings. The summed E-state index contributed by atoms with van der Waals surface area (Å²) in [6.45, 7) is 8.53. The lowest BCUT2D eigenvalue weighted by atomic mass is 10.1. The topological polar surface area (TPSA) is 35.1 Å². The van der Waals surface area contributed by atoms with Gasteiger partial charge in [-0.25, -0.2) is 0 Å². The minimum atomic E-state index is 0.407. The van der Waals surface area contributed by atoms with Gasteiger partial charge in [-0.2, -0.15) is 0 Å². The Labute approximate surface area is 153 Å². The summed E-state index contributed by atoms with van der Waals surface area (Å²) in [7, 11) is 0. The number of quaternary nitrogens is 1. The van der Waals surface area contributed by atoms with Crippen LogP contribution in [0.2, 0.25) is 0 Å². The molecule has 130 valence electrons. The van der Waals surface area contributed by atoms with Crippen molar-refractivity contribution in [3.63, 3.8) is 0 Å². The minimum Gasteiger partial charge on any atom is -0.490 e. The molecule has 4 heteroatoms. The number of halogens is 1. The quantitative estimate of drug-likeness (QED) is 0.683. The second-order valence-electron chi connectivity index (χ2n) is 5.81. The lowest BCUT2D eigenvalue weighted by Crippen LogP contribution is -2.83. The zero-order valence-electron chi connectivity index (χ0n) is 14.7. The summed E-state index contributed by atoms with van der Waals surface area (Å²) in [4.78, 5) is 0. The fourth-order valence-corrected chi connectivity index (χ4v) is 3.01. The molecule has 0 aliphatic heterocycles. The predicted molar refractivity (Wildman–Crippen MR) is 102 cm³/mol. The highest BCUT2D eigenvalue weighted by molar-refractivity contribution is 9.10. The summed E-state index contributed by atoms with van der Waals surface area (Å²) < 4.78 is 12.6. The van der Waals surface area contributed by atoms with Gasteiger partial charge in [0.25, 0.3) is 0 Å². The molecule has 1 atom stereocenters. The van der Waals surface area contributed by atoms with Crippen molar-refractivity contribution in [1.82, 2.24) is 0 Å². The Kier molecular flexibility index (Phi) is 7.60. The number of rotatable bonds is 9. The van der Waals surface area contributed by atoms with E-state index in [0.717, 1.165) is 28.9 Å². The molecular weight excluding hydrogens is 366 g/mol. The standard InChI is InChI=1S/C20H26BrNO2/c1-4-11-24-20-13-18(21)17(12-19(20)23-5-2)14-22-15(3)16-9-7-6-8-10-16/h6-10,12-13,15,22H,4-5,11,14H2,1-3H3/p+1/t15-/m1/s1. The van der Waals surface area contributed by atoms with E-state index in [1.165, 1.54) is 11.1 Å². The molecule has 2 N–H and O–H groups in total. The molecule has 2 aromatic carbocycles. The van der Waals surface area contributed by atoms with Crippen LogP contribution in [-0.4, -0.2) is 13.2 Å². The molecule has 0 heterocycles. The van der Waals surface area contributed by atoms with Crippen LogP contribution in [0.5, 0.6) is 11.5 Å². The van der Waals surface area contributed by atoms with Gasteiger partial charge in [0.2, 0.25) is 0 Å². The maximum Gasteiger partial charge on any atom is 0.162 e. The lowest BCUT2D eigenvalue weighted by Gasteiger charge is -2.16. The highest BCUT2D eigenvalue weighted by Crippen LogP contribution is 2.33. The van der Waals surface area contributed by atoms with Crippen LogP contribution >= 0.6 is 15.9 Å². The van der Waals surface area contributed by atoms with Crippen molar-refractivity contribution in [2.24, 2.45) is 0 Å². The average molecular weight is 393 g/mol. The predicted octanol–water partition coefficient (Wildman–Crippen LogP) is 4.46. The maximum absolute atomic E-state index is 5.80. The van der Waals surface area contributed by atoms with Crippen LogP contribution in [0.25, 0.3) is 0 Å². The van der Waals surface area contributed by atoms with E-state index in [-0.39, 0.29) is 0 Å². The summed E-state index contributed by atoms with van der Waals surface area (Å²) in [5.74, 6) is 1.63. The van der Waals surface area contributed by atoms with E-state index in [2.05, 4.69) is 71.5 Å². The van der Waals surface area contributed by atoms with Gasteiger partial charge in [-0.15, -0.1) is 0 Å². The van der Waals surface area contributed by atoms with Crippen LogP contribution < -0.4 is 14.8 Å². The van der Waals surface area contributed by atoms with Gasteiger partial charge in [0, 0.05) is 15.6 Å². The molecule has 0 radical (unpaired) electrons. The first kappa shape index (κ1) is 18.8. The summed E-state index contributed by atoms with van der Waals surface area (Å²) >= 11 is 3.68. The summed E-state index contributed by atoms with van der Waals surface area (Å²) in [6.07, 6.45) is 0.979. The van der Waals surface area contributed by atoms with Crippen molar-refractivity contribution in [3.8, 4) is 11.5 Å². The molecule has 0 bridgehead atoms. The smallest absolute Gasteiger partial charge is 0.162 e. The zero-order chi connectivity index (χ0) is 17.4. The van der Waals surface area contributed by atoms with Gasteiger partial charge in [0.05, 0.1) is 13.2 Å². The molecule has 0 unspecified atom stereocenters. The van der Waals surface area contributed by atoms with Gasteiger partial charge < -0.3 is 14.8 Å². The maximum atomic E-state index is 5.80. The van der Waals surface area contributed by atoms with Crippen LogP contribution in [0.4, 0.5) is 0 Å². The Morgan fingerprint density at radius 2 is 1.75 bits per heavy atom. The monoisotopic (exact) mass is 392 g/mol. The van der Waals surface area contributed by atoms with Gasteiger partial charge in [0.1, 0.15) is 12.6 Å². The van der Waals surface area contributed by atoms with Gasteiger partial charge in [-0.1, -0.05) is 53.2 Å². The third-order valence-electron chi connectivity index (χ3n) is 3.89. The first-order valence-corrected chi connectivity index (χ1v) is 9.41. The molecule has 0 saturated carbocycles. The minimum absolute atomic E-state index is 0.407. The molecule has 0 saturated heterocycles. The van der Waals surface area contributed by atoms with Crippen molar-refractivity contribution < 1.29 is 14.8 Å². The molecular formula is C20H27BrNO2+. The number of hydrogen-bond donors (Lipinski definition) is 1. The summed E-state index contributed by atoms with van der Waals surface area (Å²) in [6, 6.07) is 15.1. The van der Waals surface area contributed by atoms with Crippen LogP contribution in [0.1, 0.15) is 44.4 Å². The fraction of sp³-hybridized carbons (Fsp3) is 0.400. The van der Waals surface area contributed by atoms with Crippen LogP contribution in [-0.2, 0) is 6.54 Å². The lowest BCUT2D eigenvalue weighted by molar-refractivity contribution is -0.708. The Morgan fingerprint density at radius 3 is 2.42 bits per heavy atom. The van der Waals surface area contributed by atoms with E-state index in [0.29, 0.717) is 19.3 Å². The largest absolute Gasteiger partial charge is 0.490 e. The number of hydrogen-bond acceptors (Lipinski definition) is 2. The third-order valence-corrected chi connectivity index (χ3v) is 4.63. The van der Waals surface area contributed by atoms with E-state index < -0.39 is 0 Å². The van der Waals surface area contributed by atoms with Crippen LogP contribution in [0.15, 0.2) is 46.9 Å². The summed E-state index contributed by atoms with van der Waals surface area (Å²) in [5, 5.41) is 2.33. The molecule has 0 amide bonds. The highest BCUT2D eigenvalue weighted by Gasteiger charge is 2.14. The SMILES string of the molecule is CCCOc1cc(Br)c(C[NH2+][C@H](C)c2ccccc2)cc1OCC. The normalized spacial score (nSPS) is 12.0. The van der Waals surface area contributed by atoms with Crippen molar-refractivity contribution in [2.45, 2.75) is 39.8 Å². The number of ether oxygens (including phenoxy) is 2. The van der Waals surface area contributed by atoms with E-state index in [1.807, 2.05) is 13.0 Å². The molecule has 2 aromatic rings. The molecule has 0 spiro atoms. The average Bonchev–Trinajstić information content (AvgIpc) is 2.61. The van der Waals surface area contributed by atoms with Gasteiger partial charge in [0.15, 0.2) is 11.5 Å². The van der Waals surface area contributed by atoms with E-state index in [9.17, 15) is 0 Å². The second-order valence-corrected chi connectivity index (χ2v) is 6.67. The highest BCUT2D eigenvalue weighted by atomic mass is 79.9. The first-order valence-electron chi connectivity index (χ1n) is 8.62. The second kappa shape index (κ2) is 9.70. The van der Waals surface area contributed by atoms with E-state index >= 15 is 0 Å². The molecule has 0 fully saturated rings. The molecule has 24 heavy (non-hydrogen) atoms. The van der Waals surface area contributed by atoms with Crippen molar-refractivity contribution in [1.29, 1.82) is 0 Å². The van der Waals surface area contributed by atoms with Crippen LogP contribution in [0, 0.1) is 0 Å². The molecule has 0 aliphatic carbocycles. The van der Waals surface area contributed by atoms with Crippen LogP contribution in [0.3, 0.4) is 0 Å². The number of nitrogens with two attached hydrogens (primary N) is 1. The zero-order valence-corrected chi connectivity index (χ0v) is 16.3. The van der Waals surface area contributed by atoms with Gasteiger partial charge >= 0.3 is 0 Å². The van der Waals surface area contributed by atoms with E-state index in [1.54, 1.807) is 0 Å². The fourth-order valence-electron chi connectivity index (χ4n) is 2.52. The number of benzene rings is 2. The summed E-state index contributed by atoms with van der Waals surface area (Å²) in [5.41, 5.74) is 2.55. The first-order chi connectivity index (χ1) is 11.7. The third kappa shape index (κ3) is 5.25. The van der Waals surface area contributed by atoms with Crippen molar-refractivity contribution >= 4 is 15.9 Å². The molecule has 2 rings (SSSR count). The molecule has 0 aromatic heterocycles. The molecule has 3 nitrogen and oxygen atoms in total. The Morgan fingerprint density at radius 1 is 1.04 bits per heavy atom. The van der Waals surface area contributed by atoms with Gasteiger partial charge in [-0.3, -0.25) is 0 Å². The van der Waals surface area contributed by atoms with Gasteiger partial charge in [-0.05, 0) is 32.4 Å². The van der Waals surface area contributed by atoms with E-state index in [4.69, 9.17) is 9.47 Å². The van der Waals surface area contributed by atoms with Crippen molar-refractivity contribution in [3.05, 3.63) is 58.1 Å². The Hall–Kier alpha value is -1.52. The Bertz CT molecular complexity index is 631.